The zero-order chi connectivity index (χ0) is 30.5. The third-order valence-corrected chi connectivity index (χ3v) is 6.64. The van der Waals surface area contributed by atoms with E-state index in [0.717, 1.165) is 57.7 Å². The summed E-state index contributed by atoms with van der Waals surface area (Å²) in [5, 5.41) is 27.2. The third-order valence-electron chi connectivity index (χ3n) is 6.64. The van der Waals surface area contributed by atoms with E-state index in [9.17, 15) is 9.90 Å². The summed E-state index contributed by atoms with van der Waals surface area (Å²) in [6, 6.07) is 18.8. The Hall–Kier alpha value is -5.05. The Kier molecular flexibility index (Phi) is 11.7. The van der Waals surface area contributed by atoms with Gasteiger partial charge in [0.25, 0.3) is 0 Å². The van der Waals surface area contributed by atoms with Crippen LogP contribution in [0.2, 0.25) is 0 Å². The molecule has 8 nitrogen and oxygen atoms in total. The maximum atomic E-state index is 11.1. The fourth-order valence-electron chi connectivity index (χ4n) is 4.47. The summed E-state index contributed by atoms with van der Waals surface area (Å²) in [5.41, 5.74) is 7.84. The maximum Gasteiger partial charge on any atom is 0.152 e. The van der Waals surface area contributed by atoms with E-state index in [1.807, 2.05) is 58.0 Å². The maximum absolute atomic E-state index is 11.1. The molecule has 0 amide bonds. The number of hydrogen-bond acceptors (Lipinski definition) is 8. The number of nitrogens with zero attached hydrogens (tertiary/aromatic N) is 4. The molecular weight excluding hydrogens is 528 g/mol. The minimum atomic E-state index is -0.0449. The lowest BCUT2D eigenvalue weighted by Gasteiger charge is -2.15. The predicted molar refractivity (Wildman–Crippen MR) is 159 cm³/mol. The fourth-order valence-corrected chi connectivity index (χ4v) is 4.47. The van der Waals surface area contributed by atoms with Crippen molar-refractivity contribution < 1.29 is 19.4 Å². The van der Waals surface area contributed by atoms with Gasteiger partial charge in [0.05, 0.1) is 41.3 Å². The number of aromatic nitrogens is 2. The molecule has 0 fully saturated rings. The number of aliphatic hydroxyl groups is 1. The van der Waals surface area contributed by atoms with Gasteiger partial charge in [0, 0.05) is 34.6 Å². The summed E-state index contributed by atoms with van der Waals surface area (Å²) in [6.07, 6.45) is 5.54. The van der Waals surface area contributed by atoms with Gasteiger partial charge >= 0.3 is 0 Å². The van der Waals surface area contributed by atoms with E-state index in [2.05, 4.69) is 22.1 Å². The molecule has 214 valence electrons. The van der Waals surface area contributed by atoms with Crippen LogP contribution in [0.15, 0.2) is 60.9 Å². The van der Waals surface area contributed by atoms with Gasteiger partial charge in [-0.15, -0.1) is 0 Å². The molecule has 0 radical (unpaired) electrons. The highest BCUT2D eigenvalue weighted by Gasteiger charge is 2.13. The van der Waals surface area contributed by atoms with Crippen LogP contribution in [0.1, 0.15) is 74.5 Å². The van der Waals surface area contributed by atoms with Crippen LogP contribution in [0.3, 0.4) is 0 Å². The quantitative estimate of drug-likeness (QED) is 0.229. The molecule has 4 rings (SSSR count). The molecular formula is C34H34N4O4. The van der Waals surface area contributed by atoms with Crippen molar-refractivity contribution in [2.45, 2.75) is 60.4 Å². The van der Waals surface area contributed by atoms with Gasteiger partial charge in [0.2, 0.25) is 0 Å². The van der Waals surface area contributed by atoms with Crippen LogP contribution in [0.5, 0.6) is 11.5 Å². The summed E-state index contributed by atoms with van der Waals surface area (Å²) in [5.74, 6) is 1.39. The van der Waals surface area contributed by atoms with E-state index in [4.69, 9.17) is 20.0 Å². The molecule has 2 aromatic carbocycles. The largest absolute Gasteiger partial charge is 0.487 e. The SMILES string of the molecule is CCc1c(C=O)cnc(C)c1OCc1cccc(C#N)c1.CCc1c(CO)cnc(C)c1OCc1cccc(C#N)c1. The van der Waals surface area contributed by atoms with Crippen molar-refractivity contribution in [3.63, 3.8) is 0 Å². The van der Waals surface area contributed by atoms with Gasteiger partial charge in [-0.3, -0.25) is 14.8 Å². The van der Waals surface area contributed by atoms with Crippen LogP contribution in [-0.2, 0) is 32.7 Å². The van der Waals surface area contributed by atoms with Gasteiger partial charge in [-0.2, -0.15) is 10.5 Å². The molecule has 1 N–H and O–H groups in total. The first kappa shape index (κ1) is 31.5. The summed E-state index contributed by atoms with van der Waals surface area (Å²) in [4.78, 5) is 19.5. The van der Waals surface area contributed by atoms with Crippen molar-refractivity contribution in [1.29, 1.82) is 10.5 Å². The number of hydrogen-bond donors (Lipinski definition) is 1. The lowest BCUT2D eigenvalue weighted by atomic mass is 10.1. The Morgan fingerprint density at radius 3 is 1.76 bits per heavy atom. The number of carbonyl (C=O) groups is 1. The minimum absolute atomic E-state index is 0.0449. The van der Waals surface area contributed by atoms with Crippen molar-refractivity contribution in [3.05, 3.63) is 117 Å². The first-order valence-electron chi connectivity index (χ1n) is 13.6. The molecule has 0 saturated heterocycles. The standard InChI is InChI=1S/C17H18N2O2.C17H16N2O2/c2*1-3-16-15(10-20)9-19-12(2)17(16)21-11-14-6-4-5-13(7-14)8-18/h4-7,9,20H,3,10-11H2,1-2H3;4-7,9-10H,3,11H2,1-2H3. The number of nitriles is 2. The van der Waals surface area contributed by atoms with Crippen molar-refractivity contribution in [2.24, 2.45) is 0 Å². The Labute approximate surface area is 246 Å². The number of aldehydes is 1. The van der Waals surface area contributed by atoms with E-state index in [0.29, 0.717) is 42.1 Å². The molecule has 0 unspecified atom stereocenters. The average Bonchev–Trinajstić information content (AvgIpc) is 3.03. The highest BCUT2D eigenvalue weighted by Crippen LogP contribution is 2.28. The zero-order valence-corrected chi connectivity index (χ0v) is 24.3. The second kappa shape index (κ2) is 15.7. The zero-order valence-electron chi connectivity index (χ0n) is 24.3. The number of aryl methyl sites for hydroxylation is 2. The molecule has 0 atom stereocenters. The number of aliphatic hydroxyl groups excluding tert-OH is 1. The van der Waals surface area contributed by atoms with Crippen LogP contribution in [0.25, 0.3) is 0 Å². The Morgan fingerprint density at radius 2 is 1.31 bits per heavy atom. The smallest absolute Gasteiger partial charge is 0.152 e. The molecule has 0 aliphatic carbocycles. The topological polar surface area (TPSA) is 129 Å². The Balaban J connectivity index is 0.000000230. The van der Waals surface area contributed by atoms with Crippen molar-refractivity contribution in [3.8, 4) is 23.6 Å². The molecule has 0 aliphatic heterocycles. The van der Waals surface area contributed by atoms with Gasteiger partial charge in [-0.25, -0.2) is 0 Å². The van der Waals surface area contributed by atoms with Crippen molar-refractivity contribution >= 4 is 6.29 Å². The van der Waals surface area contributed by atoms with Crippen LogP contribution in [-0.4, -0.2) is 21.4 Å². The molecule has 2 heterocycles. The normalized spacial score (nSPS) is 10.1. The lowest BCUT2D eigenvalue weighted by molar-refractivity contribution is 0.112. The van der Waals surface area contributed by atoms with Crippen molar-refractivity contribution in [1.82, 2.24) is 9.97 Å². The van der Waals surface area contributed by atoms with Crippen LogP contribution < -0.4 is 9.47 Å². The monoisotopic (exact) mass is 562 g/mol. The first-order valence-corrected chi connectivity index (χ1v) is 13.6. The number of pyridine rings is 2. The Bertz CT molecular complexity index is 1620. The highest BCUT2D eigenvalue weighted by molar-refractivity contribution is 5.78. The Morgan fingerprint density at radius 1 is 0.810 bits per heavy atom. The second-order valence-electron chi connectivity index (χ2n) is 9.47. The highest BCUT2D eigenvalue weighted by atomic mass is 16.5. The summed E-state index contributed by atoms with van der Waals surface area (Å²) >= 11 is 0. The molecule has 0 bridgehead atoms. The molecule has 0 spiro atoms. The molecule has 8 heteroatoms. The second-order valence-corrected chi connectivity index (χ2v) is 9.47. The summed E-state index contributed by atoms with van der Waals surface area (Å²) < 4.78 is 11.8. The predicted octanol–water partition coefficient (Wildman–Crippen LogP) is 6.11. The van der Waals surface area contributed by atoms with Crippen LogP contribution in [0, 0.1) is 36.5 Å². The number of carbonyl (C=O) groups excluding carboxylic acids is 1. The van der Waals surface area contributed by atoms with E-state index >= 15 is 0 Å². The average molecular weight is 563 g/mol. The van der Waals surface area contributed by atoms with E-state index < -0.39 is 0 Å². The number of benzene rings is 2. The number of rotatable bonds is 10. The number of ether oxygens (including phenoxy) is 2. The lowest BCUT2D eigenvalue weighted by Crippen LogP contribution is -2.05. The minimum Gasteiger partial charge on any atom is -0.487 e. The third kappa shape index (κ3) is 8.00. The van der Waals surface area contributed by atoms with Gasteiger partial charge in [0.1, 0.15) is 24.7 Å². The van der Waals surface area contributed by atoms with Crippen LogP contribution in [0.4, 0.5) is 0 Å². The first-order chi connectivity index (χ1) is 20.4. The van der Waals surface area contributed by atoms with Crippen LogP contribution >= 0.6 is 0 Å². The molecule has 2 aromatic heterocycles. The molecule has 4 aromatic rings. The summed E-state index contributed by atoms with van der Waals surface area (Å²) in [7, 11) is 0. The van der Waals surface area contributed by atoms with Gasteiger partial charge in [-0.1, -0.05) is 38.1 Å². The fraction of sp³-hybridized carbons (Fsp3) is 0.265. The molecule has 42 heavy (non-hydrogen) atoms. The van der Waals surface area contributed by atoms with E-state index in [-0.39, 0.29) is 6.61 Å². The summed E-state index contributed by atoms with van der Waals surface area (Å²) in [6.45, 7) is 8.42. The van der Waals surface area contributed by atoms with E-state index in [1.165, 1.54) is 0 Å². The molecule has 0 aliphatic rings. The van der Waals surface area contributed by atoms with Gasteiger partial charge < -0.3 is 14.6 Å². The van der Waals surface area contributed by atoms with Crippen molar-refractivity contribution in [2.75, 3.05) is 0 Å². The van der Waals surface area contributed by atoms with Gasteiger partial charge in [-0.05, 0) is 62.1 Å². The molecule has 0 saturated carbocycles. The van der Waals surface area contributed by atoms with E-state index in [1.54, 1.807) is 30.6 Å². The van der Waals surface area contributed by atoms with Gasteiger partial charge in [0.15, 0.2) is 6.29 Å².